The SMILES string of the molecule is C#C[C@@H](Oc1c(Cl)cc([C@H](CCOC(=O)C(C)(C)C)NC(=O)OC(C)(C)C)cc1OCOC)[C@@]1(O[Si](C)(C)C)C[C@H](O[Si](C)(C)C(C)(C)C)C=C1C#C[C@@](C=O)(O[Si](CC)(CC)CC)[C@H](CO[Si](C)(C)C(C)(C)C)OCc1ccc(OC)cc1. The van der Waals surface area contributed by atoms with E-state index in [4.69, 9.17) is 68.9 Å². The molecule has 0 spiro atoms. The number of hydrogen-bond donors (Lipinski definition) is 1. The minimum atomic E-state index is -2.73. The van der Waals surface area contributed by atoms with Crippen molar-refractivity contribution in [3.05, 3.63) is 64.2 Å². The van der Waals surface area contributed by atoms with Crippen LogP contribution >= 0.6 is 11.6 Å². The Kier molecular flexibility index (Phi) is 26.4. The van der Waals surface area contributed by atoms with Gasteiger partial charge in [-0.05, 0) is 157 Å². The molecule has 15 nitrogen and oxygen atoms in total. The first-order valence-electron chi connectivity index (χ1n) is 29.5. The lowest BCUT2D eigenvalue weighted by atomic mass is 9.88. The lowest BCUT2D eigenvalue weighted by Gasteiger charge is -2.43. The van der Waals surface area contributed by atoms with E-state index in [0.717, 1.165) is 11.8 Å². The fourth-order valence-corrected chi connectivity index (χ4v) is 15.6. The van der Waals surface area contributed by atoms with Gasteiger partial charge in [-0.3, -0.25) is 9.59 Å². The van der Waals surface area contributed by atoms with Gasteiger partial charge in [-0.1, -0.05) is 104 Å². The number of hydrogen-bond acceptors (Lipinski definition) is 14. The van der Waals surface area contributed by atoms with Crippen molar-refractivity contribution in [1.29, 1.82) is 0 Å². The first kappa shape index (κ1) is 74.3. The normalized spacial score (nSPS) is 18.2. The molecule has 0 saturated carbocycles. The zero-order chi connectivity index (χ0) is 64.1. The molecule has 0 saturated heterocycles. The lowest BCUT2D eigenvalue weighted by Crippen LogP contribution is -2.58. The third kappa shape index (κ3) is 20.6. The second-order valence-corrected chi connectivity index (χ2v) is 47.0. The van der Waals surface area contributed by atoms with Crippen molar-refractivity contribution >= 4 is 63.2 Å². The molecule has 2 aromatic rings. The van der Waals surface area contributed by atoms with Crippen LogP contribution in [0.1, 0.15) is 134 Å². The predicted octanol–water partition coefficient (Wildman–Crippen LogP) is 15.1. The number of nitrogens with one attached hydrogen (secondary N) is 1. The monoisotopic (exact) mass is 1260 g/mol. The number of methoxy groups -OCH3 is 2. The summed E-state index contributed by atoms with van der Waals surface area (Å²) in [6, 6.07) is 12.2. The van der Waals surface area contributed by atoms with Crippen LogP contribution in [0.25, 0.3) is 0 Å². The Hall–Kier alpha value is -3.97. The van der Waals surface area contributed by atoms with Crippen LogP contribution in [0, 0.1) is 29.6 Å². The summed E-state index contributed by atoms with van der Waals surface area (Å²) in [4.78, 5) is 41.0. The van der Waals surface area contributed by atoms with Crippen LogP contribution in [0.15, 0.2) is 48.0 Å². The highest BCUT2D eigenvalue weighted by Gasteiger charge is 2.55. The highest BCUT2D eigenvalue weighted by molar-refractivity contribution is 6.75. The molecule has 20 heteroatoms. The van der Waals surface area contributed by atoms with E-state index in [9.17, 15) is 14.4 Å². The first-order valence-corrected chi connectivity index (χ1v) is 41.6. The quantitative estimate of drug-likeness (QED) is 0.0269. The average molecular weight is 1260 g/mol. The van der Waals surface area contributed by atoms with Gasteiger partial charge < -0.3 is 56.2 Å². The number of benzene rings is 2. The summed E-state index contributed by atoms with van der Waals surface area (Å²) < 4.78 is 71.7. The topological polar surface area (TPSA) is 165 Å². The highest BCUT2D eigenvalue weighted by atomic mass is 35.5. The summed E-state index contributed by atoms with van der Waals surface area (Å²) in [6.45, 7) is 44.7. The summed E-state index contributed by atoms with van der Waals surface area (Å²) in [6.07, 6.45) is 6.27. The number of esters is 1. The summed E-state index contributed by atoms with van der Waals surface area (Å²) in [5, 5.41) is 2.63. The molecule has 0 radical (unpaired) electrons. The maximum atomic E-state index is 14.6. The van der Waals surface area contributed by atoms with Crippen LogP contribution in [0.3, 0.4) is 0 Å². The van der Waals surface area contributed by atoms with Crippen molar-refractivity contribution in [2.24, 2.45) is 5.41 Å². The fourth-order valence-electron chi connectivity index (χ4n) is 8.80. The van der Waals surface area contributed by atoms with Gasteiger partial charge in [0.15, 0.2) is 64.0 Å². The van der Waals surface area contributed by atoms with E-state index >= 15 is 0 Å². The van der Waals surface area contributed by atoms with Crippen molar-refractivity contribution in [3.8, 4) is 41.4 Å². The largest absolute Gasteiger partial charge is 0.497 e. The third-order valence-corrected chi connectivity index (χ3v) is 30.8. The molecule has 0 heterocycles. The first-order chi connectivity index (χ1) is 38.5. The van der Waals surface area contributed by atoms with Gasteiger partial charge in [0, 0.05) is 25.5 Å². The number of aldehydes is 1. The molecule has 1 aliphatic carbocycles. The zero-order valence-electron chi connectivity index (χ0n) is 55.5. The fraction of sp³-hybridized carbons (Fsp3) is 0.672. The standard InChI is InChI=1S/C64H104ClNO14Si4/c1-26-54(76-56-51(65)38-47(39-53(56)74-45-70-17)52(66-58(69)77-60(8,9)10)35-37-72-57(68)59(5,6)7)64(80-81(19,20)21)41-50(78-83(24,25)62(14,15)16)40-48(64)34-36-63(44-67,79-84(27-2,28-3)29-4)55(43-75-82(22,23)61(11,12)13)73-42-46-30-32-49(71-18)33-31-46/h1,30-33,38-40,44,50,52,54-55H,27-29,35,37,41-43,45H2,2-25H3,(H,66,69)/t50-,52+,54-,55+,63+,64-/m1/s1. The number of rotatable bonds is 29. The minimum absolute atomic E-state index is 0.0133. The average Bonchev–Trinajstić information content (AvgIpc) is 1.95. The van der Waals surface area contributed by atoms with Gasteiger partial charge in [-0.15, -0.1) is 6.42 Å². The Morgan fingerprint density at radius 3 is 1.95 bits per heavy atom. The Labute approximate surface area is 514 Å². The van der Waals surface area contributed by atoms with E-state index in [-0.39, 0.29) is 66.1 Å². The van der Waals surface area contributed by atoms with Crippen LogP contribution in [-0.2, 0) is 52.8 Å². The van der Waals surface area contributed by atoms with Crippen LogP contribution in [0.2, 0.25) is 79.1 Å². The van der Waals surface area contributed by atoms with E-state index in [2.05, 4.69) is 131 Å². The number of halogens is 1. The second-order valence-electron chi connectivity index (χ2n) is 27.9. The molecule has 1 amide bonds. The molecule has 0 bridgehead atoms. The van der Waals surface area contributed by atoms with Gasteiger partial charge in [0.1, 0.15) is 23.1 Å². The van der Waals surface area contributed by atoms with Crippen molar-refractivity contribution in [2.45, 2.75) is 238 Å². The van der Waals surface area contributed by atoms with Crippen LogP contribution in [-0.4, -0.2) is 121 Å². The van der Waals surface area contributed by atoms with Crippen LogP contribution < -0.4 is 19.5 Å². The van der Waals surface area contributed by atoms with Crippen LogP contribution in [0.4, 0.5) is 4.79 Å². The molecule has 1 N–H and O–H groups in total. The third-order valence-electron chi connectivity index (χ3n) is 15.9. The number of amides is 1. The summed E-state index contributed by atoms with van der Waals surface area (Å²) >= 11 is 7.37. The molecule has 6 atom stereocenters. The van der Waals surface area contributed by atoms with E-state index in [1.807, 2.05) is 30.3 Å². The Bertz CT molecular complexity index is 2640. The van der Waals surface area contributed by atoms with E-state index in [1.165, 1.54) is 7.11 Å². The van der Waals surface area contributed by atoms with E-state index < -0.39 is 91.9 Å². The molecule has 0 aromatic heterocycles. The van der Waals surface area contributed by atoms with Gasteiger partial charge in [0.25, 0.3) is 0 Å². The number of terminal acetylenes is 1. The van der Waals surface area contributed by atoms with Crippen molar-refractivity contribution in [1.82, 2.24) is 5.32 Å². The van der Waals surface area contributed by atoms with Gasteiger partial charge in [-0.2, -0.15) is 0 Å². The summed E-state index contributed by atoms with van der Waals surface area (Å²) in [5.74, 6) is 10.4. The van der Waals surface area contributed by atoms with E-state index in [1.54, 1.807) is 60.8 Å². The Morgan fingerprint density at radius 1 is 0.869 bits per heavy atom. The molecule has 3 rings (SSSR count). The number of carbonyl (C=O) groups excluding carboxylic acids is 3. The maximum Gasteiger partial charge on any atom is 0.408 e. The summed E-state index contributed by atoms with van der Waals surface area (Å²) in [7, 11) is -7.35. The Morgan fingerprint density at radius 2 is 1.46 bits per heavy atom. The predicted molar refractivity (Wildman–Crippen MR) is 346 cm³/mol. The zero-order valence-corrected chi connectivity index (χ0v) is 60.2. The Balaban J connectivity index is 2.52. The number of alkyl carbamates (subject to hydrolysis) is 1. The minimum Gasteiger partial charge on any atom is -0.497 e. The van der Waals surface area contributed by atoms with E-state index in [0.29, 0.717) is 35.0 Å². The molecule has 0 aliphatic heterocycles. The molecule has 2 aromatic carbocycles. The van der Waals surface area contributed by atoms with Crippen LogP contribution in [0.5, 0.6) is 17.2 Å². The second kappa shape index (κ2) is 29.8. The maximum absolute atomic E-state index is 14.6. The molecule has 472 valence electrons. The lowest BCUT2D eigenvalue weighted by molar-refractivity contribution is -0.153. The number of ether oxygens (including phenoxy) is 7. The molecule has 0 fully saturated rings. The molecule has 84 heavy (non-hydrogen) atoms. The van der Waals surface area contributed by atoms with Crippen molar-refractivity contribution < 1.29 is 65.2 Å². The molecular formula is C64H104ClNO14Si4. The van der Waals surface area contributed by atoms with Gasteiger partial charge >= 0.3 is 12.1 Å². The molecular weight excluding hydrogens is 1150 g/mol. The van der Waals surface area contributed by atoms with Crippen molar-refractivity contribution in [2.75, 3.05) is 34.2 Å². The molecule has 1 aliphatic rings. The highest BCUT2D eigenvalue weighted by Crippen LogP contribution is 2.48. The van der Waals surface area contributed by atoms with Crippen molar-refractivity contribution in [3.63, 3.8) is 0 Å². The number of carbonyl (C=O) groups is 3. The smallest absolute Gasteiger partial charge is 0.408 e. The van der Waals surface area contributed by atoms with Gasteiger partial charge in [0.05, 0.1) is 49.5 Å². The summed E-state index contributed by atoms with van der Waals surface area (Å²) in [5.41, 5.74) is -3.21. The van der Waals surface area contributed by atoms with Gasteiger partial charge in [-0.25, -0.2) is 4.79 Å². The molecule has 0 unspecified atom stereocenters. The van der Waals surface area contributed by atoms with Gasteiger partial charge in [0.2, 0.25) is 5.60 Å².